The lowest BCUT2D eigenvalue weighted by Crippen LogP contribution is -2.49. The number of hydrogen-bond donors (Lipinski definition) is 1. The van der Waals surface area contributed by atoms with Crippen molar-refractivity contribution in [2.24, 2.45) is 10.9 Å². The van der Waals surface area contributed by atoms with Gasteiger partial charge in [0.05, 0.1) is 7.11 Å². The molecule has 1 N–H and O–H groups in total. The fourth-order valence-corrected chi connectivity index (χ4v) is 1.70. The third-order valence-corrected chi connectivity index (χ3v) is 2.62. The molecule has 0 aromatic carbocycles. The van der Waals surface area contributed by atoms with Crippen molar-refractivity contribution in [3.05, 3.63) is 18.2 Å². The third-order valence-electron chi connectivity index (χ3n) is 2.62. The number of pyridine rings is 1. The SMILES string of the molecule is COc1cccc(N=CC2C(=O)OC(C)(C)OC2O)n1. The second-order valence-electron chi connectivity index (χ2n) is 4.67. The third kappa shape index (κ3) is 3.31. The van der Waals surface area contributed by atoms with Crippen LogP contribution in [0.3, 0.4) is 0 Å². The molecule has 2 unspecified atom stereocenters. The van der Waals surface area contributed by atoms with Crippen molar-refractivity contribution in [1.29, 1.82) is 0 Å². The molecule has 7 nitrogen and oxygen atoms in total. The molecule has 0 saturated carbocycles. The van der Waals surface area contributed by atoms with E-state index < -0.39 is 24.0 Å². The minimum absolute atomic E-state index is 0.356. The number of rotatable bonds is 3. The van der Waals surface area contributed by atoms with E-state index in [0.29, 0.717) is 11.7 Å². The molecule has 1 aromatic rings. The number of hydrogen-bond acceptors (Lipinski definition) is 7. The molecular weight excluding hydrogens is 264 g/mol. The number of aliphatic hydroxyl groups is 1. The predicted octanol–water partition coefficient (Wildman–Crippen LogP) is 1.04. The largest absolute Gasteiger partial charge is 0.481 e. The quantitative estimate of drug-likeness (QED) is 0.657. The summed E-state index contributed by atoms with van der Waals surface area (Å²) in [6.45, 7) is 3.09. The minimum atomic E-state index is -1.30. The summed E-state index contributed by atoms with van der Waals surface area (Å²) < 4.78 is 15.2. The molecule has 0 spiro atoms. The summed E-state index contributed by atoms with van der Waals surface area (Å²) in [6.07, 6.45) is -0.0510. The maximum absolute atomic E-state index is 11.8. The van der Waals surface area contributed by atoms with Gasteiger partial charge in [-0.2, -0.15) is 4.98 Å². The highest BCUT2D eigenvalue weighted by Gasteiger charge is 2.41. The van der Waals surface area contributed by atoms with Crippen molar-refractivity contribution in [2.75, 3.05) is 7.11 Å². The zero-order valence-corrected chi connectivity index (χ0v) is 11.4. The van der Waals surface area contributed by atoms with Crippen LogP contribution in [0.15, 0.2) is 23.2 Å². The first-order valence-corrected chi connectivity index (χ1v) is 6.05. The topological polar surface area (TPSA) is 90.2 Å². The molecule has 2 atom stereocenters. The number of carbonyl (C=O) groups is 1. The molecule has 108 valence electrons. The first-order chi connectivity index (χ1) is 9.41. The fraction of sp³-hybridized carbons (Fsp3) is 0.462. The van der Waals surface area contributed by atoms with Gasteiger partial charge in [-0.1, -0.05) is 6.07 Å². The molecule has 7 heteroatoms. The van der Waals surface area contributed by atoms with Crippen molar-refractivity contribution in [3.63, 3.8) is 0 Å². The highest BCUT2D eigenvalue weighted by atomic mass is 16.8. The van der Waals surface area contributed by atoms with Crippen LogP contribution in [-0.2, 0) is 14.3 Å². The second-order valence-corrected chi connectivity index (χ2v) is 4.67. The number of esters is 1. The van der Waals surface area contributed by atoms with Crippen LogP contribution in [0.4, 0.5) is 5.82 Å². The molecule has 0 bridgehead atoms. The molecular formula is C13H16N2O5. The maximum atomic E-state index is 11.8. The van der Waals surface area contributed by atoms with Gasteiger partial charge in [0.25, 0.3) is 0 Å². The van der Waals surface area contributed by atoms with E-state index in [4.69, 9.17) is 14.2 Å². The Kier molecular flexibility index (Phi) is 4.01. The zero-order valence-electron chi connectivity index (χ0n) is 11.4. The van der Waals surface area contributed by atoms with E-state index in [1.54, 1.807) is 32.0 Å². The summed E-state index contributed by atoms with van der Waals surface area (Å²) in [5.74, 6) is -1.97. The van der Waals surface area contributed by atoms with E-state index in [1.165, 1.54) is 13.3 Å². The van der Waals surface area contributed by atoms with E-state index in [0.717, 1.165) is 0 Å². The van der Waals surface area contributed by atoms with E-state index in [1.807, 2.05) is 0 Å². The number of carbonyl (C=O) groups excluding carboxylic acids is 1. The summed E-state index contributed by atoms with van der Waals surface area (Å²) in [4.78, 5) is 19.9. The lowest BCUT2D eigenvalue weighted by atomic mass is 10.1. The van der Waals surface area contributed by atoms with E-state index in [9.17, 15) is 9.90 Å². The maximum Gasteiger partial charge on any atom is 0.322 e. The smallest absolute Gasteiger partial charge is 0.322 e. The number of cyclic esters (lactones) is 1. The van der Waals surface area contributed by atoms with Crippen LogP contribution in [0.25, 0.3) is 0 Å². The van der Waals surface area contributed by atoms with Crippen molar-refractivity contribution >= 4 is 18.0 Å². The highest BCUT2D eigenvalue weighted by molar-refractivity contribution is 5.91. The lowest BCUT2D eigenvalue weighted by molar-refractivity contribution is -0.306. The van der Waals surface area contributed by atoms with Crippen LogP contribution < -0.4 is 4.74 Å². The number of ether oxygens (including phenoxy) is 3. The number of nitrogens with zero attached hydrogens (tertiary/aromatic N) is 2. The number of aliphatic hydroxyl groups excluding tert-OH is 1. The normalized spacial score (nSPS) is 25.5. The first kappa shape index (κ1) is 14.4. The average molecular weight is 280 g/mol. The summed E-state index contributed by atoms with van der Waals surface area (Å²) in [5, 5.41) is 9.79. The zero-order chi connectivity index (χ0) is 14.8. The van der Waals surface area contributed by atoms with Crippen LogP contribution >= 0.6 is 0 Å². The van der Waals surface area contributed by atoms with Crippen LogP contribution in [-0.4, -0.2) is 41.5 Å². The van der Waals surface area contributed by atoms with Gasteiger partial charge in [0.2, 0.25) is 11.7 Å². The molecule has 1 aromatic heterocycles. The summed E-state index contributed by atoms with van der Waals surface area (Å²) in [5.41, 5.74) is 0. The first-order valence-electron chi connectivity index (χ1n) is 6.05. The van der Waals surface area contributed by atoms with E-state index in [-0.39, 0.29) is 0 Å². The monoisotopic (exact) mass is 280 g/mol. The summed E-state index contributed by atoms with van der Waals surface area (Å²) in [6, 6.07) is 5.03. The number of aliphatic imine (C=N–C) groups is 1. The van der Waals surface area contributed by atoms with Gasteiger partial charge < -0.3 is 19.3 Å². The molecule has 1 saturated heterocycles. The van der Waals surface area contributed by atoms with E-state index >= 15 is 0 Å². The summed E-state index contributed by atoms with van der Waals surface area (Å²) in [7, 11) is 1.49. The van der Waals surface area contributed by atoms with Gasteiger partial charge in [0.15, 0.2) is 12.1 Å². The van der Waals surface area contributed by atoms with Gasteiger partial charge in [-0.15, -0.1) is 0 Å². The van der Waals surface area contributed by atoms with Gasteiger partial charge in [-0.05, 0) is 6.07 Å². The molecule has 1 aliphatic rings. The molecule has 0 amide bonds. The Hall–Kier alpha value is -1.99. The van der Waals surface area contributed by atoms with Crippen molar-refractivity contribution < 1.29 is 24.1 Å². The standard InChI is InChI=1S/C13H16N2O5/c1-13(2)19-11(16)8(12(17)20-13)7-14-9-5-4-6-10(15-9)18-3/h4-8,11,16H,1-3H3. The van der Waals surface area contributed by atoms with Gasteiger partial charge in [0.1, 0.15) is 5.92 Å². The second kappa shape index (κ2) is 5.56. The number of aromatic nitrogens is 1. The minimum Gasteiger partial charge on any atom is -0.481 e. The molecule has 0 aliphatic carbocycles. The Morgan fingerprint density at radius 1 is 1.50 bits per heavy atom. The Bertz CT molecular complexity index is 529. The van der Waals surface area contributed by atoms with Crippen molar-refractivity contribution in [3.8, 4) is 5.88 Å². The molecule has 2 heterocycles. The van der Waals surface area contributed by atoms with E-state index in [2.05, 4.69) is 9.98 Å². The Morgan fingerprint density at radius 2 is 2.25 bits per heavy atom. The Balaban J connectivity index is 2.12. The predicted molar refractivity (Wildman–Crippen MR) is 69.7 cm³/mol. The fourth-order valence-electron chi connectivity index (χ4n) is 1.70. The molecule has 20 heavy (non-hydrogen) atoms. The molecule has 0 radical (unpaired) electrons. The summed E-state index contributed by atoms with van der Waals surface area (Å²) >= 11 is 0. The Labute approximate surface area is 116 Å². The van der Waals surface area contributed by atoms with Crippen LogP contribution in [0.2, 0.25) is 0 Å². The Morgan fingerprint density at radius 3 is 2.90 bits per heavy atom. The van der Waals surface area contributed by atoms with Crippen LogP contribution in [0.5, 0.6) is 5.88 Å². The number of methoxy groups -OCH3 is 1. The molecule has 1 fully saturated rings. The van der Waals surface area contributed by atoms with Crippen LogP contribution in [0.1, 0.15) is 13.8 Å². The van der Waals surface area contributed by atoms with Crippen LogP contribution in [0, 0.1) is 5.92 Å². The van der Waals surface area contributed by atoms with Crippen molar-refractivity contribution in [1.82, 2.24) is 4.98 Å². The van der Waals surface area contributed by atoms with Crippen molar-refractivity contribution in [2.45, 2.75) is 25.9 Å². The lowest BCUT2D eigenvalue weighted by Gasteiger charge is -2.35. The van der Waals surface area contributed by atoms with Gasteiger partial charge in [0, 0.05) is 26.1 Å². The van der Waals surface area contributed by atoms with Gasteiger partial charge >= 0.3 is 5.97 Å². The molecule has 1 aliphatic heterocycles. The highest BCUT2D eigenvalue weighted by Crippen LogP contribution is 2.25. The average Bonchev–Trinajstić information content (AvgIpc) is 2.36. The van der Waals surface area contributed by atoms with Gasteiger partial charge in [-0.25, -0.2) is 4.99 Å². The van der Waals surface area contributed by atoms with Gasteiger partial charge in [-0.3, -0.25) is 4.79 Å². The molecule has 2 rings (SSSR count).